The molecule has 210 valence electrons. The van der Waals surface area contributed by atoms with Crippen molar-refractivity contribution in [3.8, 4) is 51.1 Å². The molecule has 6 aromatic rings. The van der Waals surface area contributed by atoms with Crippen LogP contribution in [0.1, 0.15) is 11.1 Å². The molecule has 6 heteroatoms. The van der Waals surface area contributed by atoms with Gasteiger partial charge in [-0.15, -0.1) is 0 Å². The van der Waals surface area contributed by atoms with Gasteiger partial charge in [-0.2, -0.15) is 4.57 Å². The summed E-state index contributed by atoms with van der Waals surface area (Å²) in [6.07, 6.45) is 2.12. The van der Waals surface area contributed by atoms with Crippen LogP contribution in [-0.2, 0) is 9.84 Å². The minimum Gasteiger partial charge on any atom is -0.457 e. The largest absolute Gasteiger partial charge is 0.457 e. The Bertz CT molecular complexity index is 2080. The van der Waals surface area contributed by atoms with Gasteiger partial charge in [-0.25, -0.2) is 8.42 Å². The van der Waals surface area contributed by atoms with E-state index in [0.717, 1.165) is 39.2 Å². The van der Waals surface area contributed by atoms with E-state index >= 15 is 0 Å². The van der Waals surface area contributed by atoms with E-state index < -0.39 is 9.84 Å². The molecular formula is C37H28NO4S+. The molecule has 0 bridgehead atoms. The summed E-state index contributed by atoms with van der Waals surface area (Å²) in [5, 5.41) is 0. The molecule has 7 rings (SSSR count). The van der Waals surface area contributed by atoms with E-state index in [-0.39, 0.29) is 15.5 Å². The zero-order valence-corrected chi connectivity index (χ0v) is 24.5. The van der Waals surface area contributed by atoms with E-state index in [1.54, 1.807) is 42.5 Å². The molecule has 2 heterocycles. The summed E-state index contributed by atoms with van der Waals surface area (Å²) in [6.45, 7) is 4.14. The van der Waals surface area contributed by atoms with Crippen LogP contribution in [0.3, 0.4) is 0 Å². The quantitative estimate of drug-likeness (QED) is 0.191. The van der Waals surface area contributed by atoms with Crippen molar-refractivity contribution >= 4 is 9.84 Å². The first-order valence-electron chi connectivity index (χ1n) is 14.0. The lowest BCUT2D eigenvalue weighted by molar-refractivity contribution is -0.584. The van der Waals surface area contributed by atoms with Crippen molar-refractivity contribution in [3.63, 3.8) is 0 Å². The molecule has 0 N–H and O–H groups in total. The maximum absolute atomic E-state index is 13.1. The molecule has 0 amide bonds. The standard InChI is InChI=1S/C37H28NO4S/c1-25-21-31(41-30-17-18-36-34(24-30)42-33-15-9-10-16-35(33)43(36,39)40)22-26(2)37(25)38-20-19-29(27-11-5-3-6-12-27)23-32(38)28-13-7-4-8-14-28/h3-24H,1-2H3/q+1. The Kier molecular flexibility index (Phi) is 6.56. The fraction of sp³-hybridized carbons (Fsp3) is 0.0541. The summed E-state index contributed by atoms with van der Waals surface area (Å²) in [5.41, 5.74) is 7.65. The number of aromatic nitrogens is 1. The van der Waals surface area contributed by atoms with Gasteiger partial charge in [-0.05, 0) is 73.5 Å². The van der Waals surface area contributed by atoms with Crippen molar-refractivity contribution in [2.45, 2.75) is 23.6 Å². The van der Waals surface area contributed by atoms with E-state index in [1.807, 2.05) is 24.3 Å². The number of nitrogens with zero attached hydrogens (tertiary/aromatic N) is 1. The van der Waals surface area contributed by atoms with Crippen LogP contribution in [0, 0.1) is 13.8 Å². The highest BCUT2D eigenvalue weighted by Gasteiger charge is 2.31. The molecule has 0 unspecified atom stereocenters. The molecular weight excluding hydrogens is 554 g/mol. The number of fused-ring (bicyclic) bond motifs is 2. The fourth-order valence-electron chi connectivity index (χ4n) is 5.67. The molecule has 1 aliphatic heterocycles. The SMILES string of the molecule is Cc1cc(Oc2ccc3c(c2)Oc2ccccc2S3(=O)=O)cc(C)c1-[n+]1ccc(-c2ccccc2)cc1-c1ccccc1. The third-order valence-corrected chi connectivity index (χ3v) is 9.47. The number of para-hydroxylation sites is 1. The van der Waals surface area contributed by atoms with E-state index in [2.05, 4.69) is 85.3 Å². The molecule has 0 fully saturated rings. The third kappa shape index (κ3) is 4.86. The zero-order valence-electron chi connectivity index (χ0n) is 23.7. The predicted molar refractivity (Wildman–Crippen MR) is 167 cm³/mol. The van der Waals surface area contributed by atoms with Crippen molar-refractivity contribution in [2.24, 2.45) is 0 Å². The molecule has 5 nitrogen and oxygen atoms in total. The number of aryl methyl sites for hydroxylation is 2. The van der Waals surface area contributed by atoms with Crippen LogP contribution < -0.4 is 14.0 Å². The van der Waals surface area contributed by atoms with Gasteiger partial charge in [0.1, 0.15) is 32.8 Å². The van der Waals surface area contributed by atoms with Crippen molar-refractivity contribution < 1.29 is 22.5 Å². The van der Waals surface area contributed by atoms with Gasteiger partial charge in [-0.1, -0.05) is 60.7 Å². The van der Waals surface area contributed by atoms with Crippen LogP contribution in [-0.4, -0.2) is 8.42 Å². The van der Waals surface area contributed by atoms with Gasteiger partial charge in [0.15, 0.2) is 6.20 Å². The summed E-state index contributed by atoms with van der Waals surface area (Å²) in [7, 11) is -3.67. The van der Waals surface area contributed by atoms with Crippen LogP contribution in [0.15, 0.2) is 143 Å². The first-order chi connectivity index (χ1) is 20.9. The highest BCUT2D eigenvalue weighted by molar-refractivity contribution is 7.91. The molecule has 0 atom stereocenters. The van der Waals surface area contributed by atoms with Gasteiger partial charge in [-0.3, -0.25) is 0 Å². The van der Waals surface area contributed by atoms with Gasteiger partial charge >= 0.3 is 0 Å². The number of sulfone groups is 1. The monoisotopic (exact) mass is 582 g/mol. The molecule has 1 aromatic heterocycles. The maximum atomic E-state index is 13.1. The number of hydrogen-bond acceptors (Lipinski definition) is 4. The summed E-state index contributed by atoms with van der Waals surface area (Å²) in [6, 6.07) is 40.6. The van der Waals surface area contributed by atoms with E-state index in [0.29, 0.717) is 17.2 Å². The molecule has 43 heavy (non-hydrogen) atoms. The topological polar surface area (TPSA) is 56.5 Å². The Hall–Kier alpha value is -5.20. The zero-order chi connectivity index (χ0) is 29.6. The summed E-state index contributed by atoms with van der Waals surface area (Å²) in [5.74, 6) is 1.71. The smallest absolute Gasteiger partial charge is 0.219 e. The molecule has 0 aliphatic carbocycles. The highest BCUT2D eigenvalue weighted by atomic mass is 32.2. The average molecular weight is 583 g/mol. The van der Waals surface area contributed by atoms with E-state index in [9.17, 15) is 8.42 Å². The average Bonchev–Trinajstić information content (AvgIpc) is 3.02. The first-order valence-corrected chi connectivity index (χ1v) is 15.5. The molecule has 1 aliphatic rings. The summed E-state index contributed by atoms with van der Waals surface area (Å²) >= 11 is 0. The molecule has 0 radical (unpaired) electrons. The van der Waals surface area contributed by atoms with Crippen LogP contribution in [0.2, 0.25) is 0 Å². The van der Waals surface area contributed by atoms with Gasteiger partial charge in [0.05, 0.1) is 0 Å². The van der Waals surface area contributed by atoms with Crippen molar-refractivity contribution in [1.82, 2.24) is 0 Å². The Morgan fingerprint density at radius 2 is 1.21 bits per heavy atom. The maximum Gasteiger partial charge on any atom is 0.219 e. The third-order valence-electron chi connectivity index (χ3n) is 7.64. The lowest BCUT2D eigenvalue weighted by Gasteiger charge is -2.20. The number of benzene rings is 5. The molecule has 0 saturated carbocycles. The lowest BCUT2D eigenvalue weighted by atomic mass is 10.0. The van der Waals surface area contributed by atoms with Crippen molar-refractivity contribution in [3.05, 3.63) is 145 Å². The van der Waals surface area contributed by atoms with Gasteiger partial charge < -0.3 is 9.47 Å². The first kappa shape index (κ1) is 26.7. The Morgan fingerprint density at radius 1 is 0.581 bits per heavy atom. The molecule has 0 spiro atoms. The van der Waals surface area contributed by atoms with Crippen LogP contribution >= 0.6 is 0 Å². The van der Waals surface area contributed by atoms with E-state index in [4.69, 9.17) is 9.47 Å². The van der Waals surface area contributed by atoms with Crippen LogP contribution in [0.5, 0.6) is 23.0 Å². The number of pyridine rings is 1. The second-order valence-electron chi connectivity index (χ2n) is 10.6. The Labute approximate surface area is 251 Å². The number of hydrogen-bond donors (Lipinski definition) is 0. The van der Waals surface area contributed by atoms with Crippen molar-refractivity contribution in [2.75, 3.05) is 0 Å². The summed E-state index contributed by atoms with van der Waals surface area (Å²) < 4.78 is 40.7. The minimum atomic E-state index is -3.67. The summed E-state index contributed by atoms with van der Waals surface area (Å²) in [4.78, 5) is 0.298. The van der Waals surface area contributed by atoms with Crippen LogP contribution in [0.25, 0.3) is 28.1 Å². The lowest BCUT2D eigenvalue weighted by Crippen LogP contribution is -2.35. The molecule has 5 aromatic carbocycles. The van der Waals surface area contributed by atoms with Gasteiger partial charge in [0.2, 0.25) is 21.2 Å². The fourth-order valence-corrected chi connectivity index (χ4v) is 7.16. The normalized spacial score (nSPS) is 13.0. The number of ether oxygens (including phenoxy) is 2. The molecule has 0 saturated heterocycles. The number of rotatable bonds is 5. The Morgan fingerprint density at radius 3 is 1.93 bits per heavy atom. The van der Waals surface area contributed by atoms with Crippen LogP contribution in [0.4, 0.5) is 0 Å². The minimum absolute atomic E-state index is 0.130. The predicted octanol–water partition coefficient (Wildman–Crippen LogP) is 8.64. The second-order valence-corrected chi connectivity index (χ2v) is 12.5. The van der Waals surface area contributed by atoms with Crippen molar-refractivity contribution in [1.29, 1.82) is 0 Å². The van der Waals surface area contributed by atoms with Gasteiger partial charge in [0.25, 0.3) is 0 Å². The van der Waals surface area contributed by atoms with E-state index in [1.165, 1.54) is 0 Å². The highest BCUT2D eigenvalue weighted by Crippen LogP contribution is 2.44. The Balaban J connectivity index is 1.25. The second kappa shape index (κ2) is 10.6. The van der Waals surface area contributed by atoms with Gasteiger partial charge in [0, 0.05) is 34.9 Å².